The van der Waals surface area contributed by atoms with Gasteiger partial charge in [-0.1, -0.05) is 13.8 Å². The summed E-state index contributed by atoms with van der Waals surface area (Å²) < 4.78 is 16.1. The highest BCUT2D eigenvalue weighted by Crippen LogP contribution is 2.56. The van der Waals surface area contributed by atoms with E-state index in [4.69, 9.17) is 14.2 Å². The van der Waals surface area contributed by atoms with Gasteiger partial charge in [0.05, 0.1) is 13.2 Å². The molecule has 1 saturated heterocycles. The molecule has 0 bridgehead atoms. The van der Waals surface area contributed by atoms with Gasteiger partial charge < -0.3 is 24.1 Å². The van der Waals surface area contributed by atoms with Crippen LogP contribution >= 0.6 is 0 Å². The van der Waals surface area contributed by atoms with Crippen LogP contribution in [-0.4, -0.2) is 48.4 Å². The largest absolute Gasteiger partial charge is 0.466 e. The van der Waals surface area contributed by atoms with Crippen molar-refractivity contribution >= 4 is 18.2 Å². The van der Waals surface area contributed by atoms with Crippen LogP contribution in [0.15, 0.2) is 0 Å². The van der Waals surface area contributed by atoms with Crippen molar-refractivity contribution in [1.29, 1.82) is 0 Å². The molecular formula is C16H24O7. The van der Waals surface area contributed by atoms with Crippen molar-refractivity contribution in [2.75, 3.05) is 7.11 Å². The first kappa shape index (κ1) is 17.9. The molecule has 0 aromatic heterocycles. The minimum Gasteiger partial charge on any atom is -0.466 e. The third-order valence-electron chi connectivity index (χ3n) is 5.37. The average Bonchev–Trinajstić information content (AvgIpc) is 2.48. The van der Waals surface area contributed by atoms with Gasteiger partial charge in [-0.25, -0.2) is 4.79 Å². The molecule has 6 atom stereocenters. The van der Waals surface area contributed by atoms with Crippen LogP contribution in [0.2, 0.25) is 0 Å². The Morgan fingerprint density at radius 2 is 2.04 bits per heavy atom. The number of rotatable bonds is 3. The maximum absolute atomic E-state index is 12.6. The first-order valence-electron chi connectivity index (χ1n) is 7.78. The summed E-state index contributed by atoms with van der Waals surface area (Å²) in [6.07, 6.45) is -0.111. The Balaban J connectivity index is 2.58. The molecule has 2 rings (SSSR count). The number of carbonyl (C=O) groups excluding carboxylic acids is 3. The maximum atomic E-state index is 12.6. The van der Waals surface area contributed by atoms with E-state index in [1.165, 1.54) is 14.0 Å². The highest BCUT2D eigenvalue weighted by Gasteiger charge is 2.68. The predicted molar refractivity (Wildman–Crippen MR) is 78.1 cm³/mol. The minimum atomic E-state index is -1.53. The molecule has 130 valence electrons. The molecule has 0 aromatic rings. The van der Waals surface area contributed by atoms with Crippen LogP contribution in [-0.2, 0) is 28.6 Å². The number of hydrogen-bond acceptors (Lipinski definition) is 7. The summed E-state index contributed by atoms with van der Waals surface area (Å²) in [5, 5.41) is 9.85. The van der Waals surface area contributed by atoms with Crippen molar-refractivity contribution in [3.63, 3.8) is 0 Å². The lowest BCUT2D eigenvalue weighted by Gasteiger charge is -2.58. The lowest BCUT2D eigenvalue weighted by atomic mass is 9.53. The quantitative estimate of drug-likeness (QED) is 0.605. The third-order valence-corrected chi connectivity index (χ3v) is 5.37. The predicted octanol–water partition coefficient (Wildman–Crippen LogP) is 0.820. The van der Waals surface area contributed by atoms with Crippen molar-refractivity contribution in [3.8, 4) is 0 Å². The van der Waals surface area contributed by atoms with Gasteiger partial charge in [0.15, 0.2) is 6.29 Å². The third kappa shape index (κ3) is 2.65. The molecule has 2 aliphatic rings. The second-order valence-electron chi connectivity index (χ2n) is 6.77. The standard InChI is InChI=1S/C16H24O7/c1-9-7-16(14(20)21-4,23-10(2)18)15(3)6-5-12(19)22-13(15)11(9)8-17/h8-9,11-13,19H,5-7H2,1-4H3/t9-,11+,12?,13-,15+,16-/m1/s1. The van der Waals surface area contributed by atoms with Crippen molar-refractivity contribution < 1.29 is 33.7 Å². The maximum Gasteiger partial charge on any atom is 0.351 e. The fourth-order valence-corrected chi connectivity index (χ4v) is 4.15. The molecule has 2 fully saturated rings. The molecule has 1 saturated carbocycles. The number of aliphatic hydroxyl groups excluding tert-OH is 1. The number of fused-ring (bicyclic) bond motifs is 1. The number of methoxy groups -OCH3 is 1. The molecule has 7 nitrogen and oxygen atoms in total. The molecule has 0 amide bonds. The van der Waals surface area contributed by atoms with Gasteiger partial charge >= 0.3 is 11.9 Å². The summed E-state index contributed by atoms with van der Waals surface area (Å²) in [6, 6.07) is 0. The monoisotopic (exact) mass is 328 g/mol. The Kier molecular flexibility index (Phi) is 4.82. The van der Waals surface area contributed by atoms with Crippen LogP contribution in [0.1, 0.15) is 40.0 Å². The van der Waals surface area contributed by atoms with E-state index < -0.39 is 41.3 Å². The molecule has 23 heavy (non-hydrogen) atoms. The number of aldehydes is 1. The SMILES string of the molecule is COC(=O)[C@]1(OC(C)=O)C[C@@H](C)[C@H](C=O)[C@H]2OC(O)CC[C@@]21C. The van der Waals surface area contributed by atoms with Gasteiger partial charge in [-0.05, 0) is 18.8 Å². The highest BCUT2D eigenvalue weighted by atomic mass is 16.6. The summed E-state index contributed by atoms with van der Waals surface area (Å²) in [7, 11) is 1.24. The molecule has 1 unspecified atom stereocenters. The zero-order valence-electron chi connectivity index (χ0n) is 13.9. The normalized spacial score (nSPS) is 43.2. The Morgan fingerprint density at radius 1 is 1.39 bits per heavy atom. The Labute approximate surface area is 135 Å². The lowest BCUT2D eigenvalue weighted by molar-refractivity contribution is -0.288. The fraction of sp³-hybridized carbons (Fsp3) is 0.812. The molecule has 0 aromatic carbocycles. The van der Waals surface area contributed by atoms with Crippen LogP contribution in [0, 0.1) is 17.3 Å². The van der Waals surface area contributed by atoms with E-state index in [1.54, 1.807) is 13.8 Å². The number of ether oxygens (including phenoxy) is 3. The van der Waals surface area contributed by atoms with Gasteiger partial charge in [-0.2, -0.15) is 0 Å². The van der Waals surface area contributed by atoms with Crippen molar-refractivity contribution in [1.82, 2.24) is 0 Å². The molecule has 0 radical (unpaired) electrons. The van der Waals surface area contributed by atoms with Gasteiger partial charge in [-0.15, -0.1) is 0 Å². The molecule has 1 N–H and O–H groups in total. The van der Waals surface area contributed by atoms with Crippen molar-refractivity contribution in [3.05, 3.63) is 0 Å². The van der Waals surface area contributed by atoms with E-state index in [0.29, 0.717) is 6.42 Å². The summed E-state index contributed by atoms with van der Waals surface area (Å²) in [6.45, 7) is 4.79. The van der Waals surface area contributed by atoms with Crippen LogP contribution < -0.4 is 0 Å². The molecule has 7 heteroatoms. The summed E-state index contributed by atoms with van der Waals surface area (Å²) in [4.78, 5) is 35.8. The topological polar surface area (TPSA) is 99.1 Å². The summed E-state index contributed by atoms with van der Waals surface area (Å²) in [5.74, 6) is -2.02. The Morgan fingerprint density at radius 3 is 2.57 bits per heavy atom. The van der Waals surface area contributed by atoms with E-state index in [1.807, 2.05) is 0 Å². The molecule has 1 aliphatic carbocycles. The Bertz CT molecular complexity index is 505. The van der Waals surface area contributed by atoms with E-state index in [2.05, 4.69) is 0 Å². The minimum absolute atomic E-state index is 0.176. The van der Waals surface area contributed by atoms with E-state index >= 15 is 0 Å². The van der Waals surface area contributed by atoms with Crippen LogP contribution in [0.5, 0.6) is 0 Å². The van der Waals surface area contributed by atoms with Gasteiger partial charge in [0.1, 0.15) is 6.29 Å². The lowest BCUT2D eigenvalue weighted by Crippen LogP contribution is -2.69. The second-order valence-corrected chi connectivity index (χ2v) is 6.77. The summed E-state index contributed by atoms with van der Waals surface area (Å²) in [5.41, 5.74) is -2.49. The van der Waals surface area contributed by atoms with E-state index in [-0.39, 0.29) is 18.8 Å². The van der Waals surface area contributed by atoms with Crippen LogP contribution in [0.4, 0.5) is 0 Å². The fourth-order valence-electron chi connectivity index (χ4n) is 4.15. The van der Waals surface area contributed by atoms with Crippen molar-refractivity contribution in [2.45, 2.75) is 58.0 Å². The molecular weight excluding hydrogens is 304 g/mol. The zero-order valence-corrected chi connectivity index (χ0v) is 13.9. The van der Waals surface area contributed by atoms with E-state index in [9.17, 15) is 19.5 Å². The van der Waals surface area contributed by atoms with E-state index in [0.717, 1.165) is 6.29 Å². The number of hydrogen-bond donors (Lipinski definition) is 1. The van der Waals surface area contributed by atoms with Gasteiger partial charge in [0, 0.05) is 24.7 Å². The first-order valence-corrected chi connectivity index (χ1v) is 7.78. The number of carbonyl (C=O) groups is 3. The van der Waals surface area contributed by atoms with Crippen LogP contribution in [0.25, 0.3) is 0 Å². The average molecular weight is 328 g/mol. The Hall–Kier alpha value is -1.47. The number of aliphatic hydroxyl groups is 1. The van der Waals surface area contributed by atoms with Crippen molar-refractivity contribution in [2.24, 2.45) is 17.3 Å². The molecule has 0 spiro atoms. The number of esters is 2. The highest BCUT2D eigenvalue weighted by molar-refractivity contribution is 5.85. The van der Waals surface area contributed by atoms with Crippen LogP contribution in [0.3, 0.4) is 0 Å². The first-order chi connectivity index (χ1) is 10.7. The zero-order chi connectivity index (χ0) is 17.4. The summed E-state index contributed by atoms with van der Waals surface area (Å²) >= 11 is 0. The molecule has 1 aliphatic heterocycles. The second kappa shape index (κ2) is 6.20. The van der Waals surface area contributed by atoms with Gasteiger partial charge in [-0.3, -0.25) is 4.79 Å². The van der Waals surface area contributed by atoms with Gasteiger partial charge in [0.25, 0.3) is 0 Å². The van der Waals surface area contributed by atoms with Gasteiger partial charge in [0.2, 0.25) is 5.60 Å². The molecule has 1 heterocycles. The smallest absolute Gasteiger partial charge is 0.351 e.